The SMILES string of the molecule is CC(C)(C)C1(OC(=O)CC(=O)O)CCCC1. The number of aliphatic carboxylic acids is 1. The van der Waals surface area contributed by atoms with E-state index >= 15 is 0 Å². The Morgan fingerprint density at radius 1 is 1.25 bits per heavy atom. The zero-order valence-corrected chi connectivity index (χ0v) is 10.2. The van der Waals surface area contributed by atoms with Gasteiger partial charge < -0.3 is 9.84 Å². The Labute approximate surface area is 96.0 Å². The summed E-state index contributed by atoms with van der Waals surface area (Å²) >= 11 is 0. The first-order valence-corrected chi connectivity index (χ1v) is 5.70. The van der Waals surface area contributed by atoms with Crippen LogP contribution in [0.4, 0.5) is 0 Å². The third kappa shape index (κ3) is 2.74. The molecule has 0 heterocycles. The Balaban J connectivity index is 2.73. The first kappa shape index (κ1) is 13.0. The van der Waals surface area contributed by atoms with Crippen molar-refractivity contribution in [1.29, 1.82) is 0 Å². The minimum atomic E-state index is -1.13. The topological polar surface area (TPSA) is 63.6 Å². The van der Waals surface area contributed by atoms with Crippen LogP contribution in [0.2, 0.25) is 0 Å². The average Bonchev–Trinajstić information content (AvgIpc) is 2.50. The quantitative estimate of drug-likeness (QED) is 0.595. The molecule has 0 aliphatic heterocycles. The van der Waals surface area contributed by atoms with Gasteiger partial charge in [0, 0.05) is 5.41 Å². The third-order valence-corrected chi connectivity index (χ3v) is 3.38. The molecule has 1 rings (SSSR count). The number of hydrogen-bond donors (Lipinski definition) is 1. The Hall–Kier alpha value is -1.06. The van der Waals surface area contributed by atoms with Crippen LogP contribution < -0.4 is 0 Å². The van der Waals surface area contributed by atoms with Crippen molar-refractivity contribution >= 4 is 11.9 Å². The van der Waals surface area contributed by atoms with E-state index in [1.54, 1.807) is 0 Å². The maximum absolute atomic E-state index is 11.5. The molecule has 0 saturated heterocycles. The van der Waals surface area contributed by atoms with Crippen LogP contribution in [0.15, 0.2) is 0 Å². The summed E-state index contributed by atoms with van der Waals surface area (Å²) in [5.41, 5.74) is -0.614. The van der Waals surface area contributed by atoms with Gasteiger partial charge in [-0.05, 0) is 25.7 Å². The third-order valence-electron chi connectivity index (χ3n) is 3.38. The van der Waals surface area contributed by atoms with Crippen molar-refractivity contribution < 1.29 is 19.4 Å². The number of carbonyl (C=O) groups excluding carboxylic acids is 1. The van der Waals surface area contributed by atoms with Crippen LogP contribution >= 0.6 is 0 Å². The number of carboxylic acids is 1. The van der Waals surface area contributed by atoms with Crippen LogP contribution in [0.25, 0.3) is 0 Å². The lowest BCUT2D eigenvalue weighted by molar-refractivity contribution is -0.174. The smallest absolute Gasteiger partial charge is 0.317 e. The van der Waals surface area contributed by atoms with Crippen molar-refractivity contribution in [2.75, 3.05) is 0 Å². The van der Waals surface area contributed by atoms with Gasteiger partial charge in [-0.2, -0.15) is 0 Å². The molecular formula is C12H20O4. The van der Waals surface area contributed by atoms with Gasteiger partial charge in [-0.1, -0.05) is 20.8 Å². The molecule has 92 valence electrons. The number of esters is 1. The van der Waals surface area contributed by atoms with Crippen molar-refractivity contribution in [3.63, 3.8) is 0 Å². The Morgan fingerprint density at radius 3 is 2.12 bits per heavy atom. The molecule has 4 nitrogen and oxygen atoms in total. The van der Waals surface area contributed by atoms with E-state index in [2.05, 4.69) is 0 Å². The van der Waals surface area contributed by atoms with Gasteiger partial charge in [0.05, 0.1) is 0 Å². The van der Waals surface area contributed by atoms with Crippen LogP contribution in [-0.4, -0.2) is 22.6 Å². The molecule has 0 unspecified atom stereocenters. The highest BCUT2D eigenvalue weighted by Gasteiger charge is 2.47. The highest BCUT2D eigenvalue weighted by molar-refractivity contribution is 5.90. The standard InChI is InChI=1S/C12H20O4/c1-11(2,3)12(6-4-5-7-12)16-10(15)8-9(13)14/h4-8H2,1-3H3,(H,13,14). The van der Waals surface area contributed by atoms with E-state index in [0.717, 1.165) is 25.7 Å². The zero-order chi connectivity index (χ0) is 12.4. The van der Waals surface area contributed by atoms with E-state index < -0.39 is 24.0 Å². The highest BCUT2D eigenvalue weighted by Crippen LogP contribution is 2.46. The molecule has 1 aliphatic carbocycles. The monoisotopic (exact) mass is 228 g/mol. The Kier molecular flexibility index (Phi) is 3.61. The van der Waals surface area contributed by atoms with Crippen LogP contribution in [0.3, 0.4) is 0 Å². The molecule has 0 bridgehead atoms. The second kappa shape index (κ2) is 4.44. The minimum absolute atomic E-state index is 0.141. The van der Waals surface area contributed by atoms with Crippen molar-refractivity contribution in [2.24, 2.45) is 5.41 Å². The fourth-order valence-electron chi connectivity index (χ4n) is 2.33. The number of carboxylic acid groups (broad SMARTS) is 1. The number of hydrogen-bond acceptors (Lipinski definition) is 3. The number of carbonyl (C=O) groups is 2. The summed E-state index contributed by atoms with van der Waals surface area (Å²) in [6, 6.07) is 0. The minimum Gasteiger partial charge on any atom is -0.481 e. The summed E-state index contributed by atoms with van der Waals surface area (Å²) in [7, 11) is 0. The second-order valence-corrected chi connectivity index (χ2v) is 5.50. The second-order valence-electron chi connectivity index (χ2n) is 5.50. The van der Waals surface area contributed by atoms with Gasteiger partial charge in [0.15, 0.2) is 0 Å². The van der Waals surface area contributed by atoms with Crippen LogP contribution in [0.5, 0.6) is 0 Å². The highest BCUT2D eigenvalue weighted by atomic mass is 16.6. The van der Waals surface area contributed by atoms with E-state index in [0.29, 0.717) is 0 Å². The molecule has 0 spiro atoms. The molecule has 0 aromatic carbocycles. The molecule has 1 aliphatic rings. The van der Waals surface area contributed by atoms with E-state index in [1.807, 2.05) is 20.8 Å². The predicted octanol–water partition coefficient (Wildman–Crippen LogP) is 2.36. The summed E-state index contributed by atoms with van der Waals surface area (Å²) in [5.74, 6) is -1.75. The zero-order valence-electron chi connectivity index (χ0n) is 10.2. The summed E-state index contributed by atoms with van der Waals surface area (Å²) < 4.78 is 5.45. The molecule has 16 heavy (non-hydrogen) atoms. The predicted molar refractivity (Wildman–Crippen MR) is 59.0 cm³/mol. The largest absolute Gasteiger partial charge is 0.481 e. The summed E-state index contributed by atoms with van der Waals surface area (Å²) in [6.07, 6.45) is 3.21. The molecule has 1 saturated carbocycles. The molecule has 1 N–H and O–H groups in total. The van der Waals surface area contributed by atoms with Crippen LogP contribution in [0.1, 0.15) is 52.9 Å². The molecule has 0 amide bonds. The van der Waals surface area contributed by atoms with E-state index in [4.69, 9.17) is 9.84 Å². The van der Waals surface area contributed by atoms with E-state index in [-0.39, 0.29) is 5.41 Å². The van der Waals surface area contributed by atoms with Crippen molar-refractivity contribution in [3.05, 3.63) is 0 Å². The van der Waals surface area contributed by atoms with E-state index in [9.17, 15) is 9.59 Å². The summed E-state index contributed by atoms with van der Waals surface area (Å²) in [6.45, 7) is 6.10. The fraction of sp³-hybridized carbons (Fsp3) is 0.833. The molecule has 0 aromatic rings. The molecule has 1 fully saturated rings. The average molecular weight is 228 g/mol. The Bertz CT molecular complexity index is 282. The molecule has 0 aromatic heterocycles. The van der Waals surface area contributed by atoms with Crippen LogP contribution in [0, 0.1) is 5.41 Å². The first-order valence-electron chi connectivity index (χ1n) is 5.70. The van der Waals surface area contributed by atoms with Crippen molar-refractivity contribution in [1.82, 2.24) is 0 Å². The summed E-state index contributed by atoms with van der Waals surface area (Å²) in [4.78, 5) is 21.9. The first-order chi connectivity index (χ1) is 7.27. The molecular weight excluding hydrogens is 208 g/mol. The lowest BCUT2D eigenvalue weighted by Crippen LogP contribution is -2.44. The van der Waals surface area contributed by atoms with Crippen molar-refractivity contribution in [2.45, 2.75) is 58.5 Å². The van der Waals surface area contributed by atoms with Crippen molar-refractivity contribution in [3.8, 4) is 0 Å². The van der Waals surface area contributed by atoms with Gasteiger partial charge >= 0.3 is 11.9 Å². The summed E-state index contributed by atoms with van der Waals surface area (Å²) in [5, 5.41) is 8.54. The van der Waals surface area contributed by atoms with Gasteiger partial charge in [-0.3, -0.25) is 9.59 Å². The van der Waals surface area contributed by atoms with Gasteiger partial charge in [-0.25, -0.2) is 0 Å². The van der Waals surface area contributed by atoms with Gasteiger partial charge in [0.25, 0.3) is 0 Å². The van der Waals surface area contributed by atoms with Gasteiger partial charge in [-0.15, -0.1) is 0 Å². The number of ether oxygens (including phenoxy) is 1. The molecule has 0 atom stereocenters. The van der Waals surface area contributed by atoms with E-state index in [1.165, 1.54) is 0 Å². The van der Waals surface area contributed by atoms with Gasteiger partial charge in [0.1, 0.15) is 12.0 Å². The van der Waals surface area contributed by atoms with Crippen LogP contribution in [-0.2, 0) is 14.3 Å². The normalized spacial score (nSPS) is 19.4. The lowest BCUT2D eigenvalue weighted by atomic mass is 9.75. The van der Waals surface area contributed by atoms with Gasteiger partial charge in [0.2, 0.25) is 0 Å². The Morgan fingerprint density at radius 2 is 1.75 bits per heavy atom. The fourth-order valence-corrected chi connectivity index (χ4v) is 2.33. The maximum atomic E-state index is 11.5. The lowest BCUT2D eigenvalue weighted by Gasteiger charge is -2.41. The molecule has 0 radical (unpaired) electrons. The number of rotatable bonds is 3. The maximum Gasteiger partial charge on any atom is 0.317 e. The molecule has 4 heteroatoms.